The Labute approximate surface area is 120 Å². The number of aromatic nitrogens is 2. The maximum atomic E-state index is 12.4. The number of aliphatic hydroxyl groups excluding tert-OH is 1. The zero-order valence-electron chi connectivity index (χ0n) is 11.7. The van der Waals surface area contributed by atoms with Gasteiger partial charge >= 0.3 is 6.61 Å². The second-order valence-corrected chi connectivity index (χ2v) is 4.26. The summed E-state index contributed by atoms with van der Waals surface area (Å²) in [6, 6.07) is 4.37. The minimum Gasteiger partial charge on any atom is -0.493 e. The number of nitrogens with zero attached hydrogens (tertiary/aromatic N) is 2. The first-order chi connectivity index (χ1) is 10.1. The summed E-state index contributed by atoms with van der Waals surface area (Å²) in [7, 11) is 1.35. The molecule has 1 aromatic carbocycles. The third-order valence-electron chi connectivity index (χ3n) is 3.05. The van der Waals surface area contributed by atoms with Crippen LogP contribution in [0.25, 0.3) is 0 Å². The van der Waals surface area contributed by atoms with E-state index in [0.717, 1.165) is 0 Å². The molecule has 1 unspecified atom stereocenters. The minimum absolute atomic E-state index is 0.126. The number of benzene rings is 1. The Kier molecular flexibility index (Phi) is 4.74. The molecule has 0 aliphatic heterocycles. The van der Waals surface area contributed by atoms with Gasteiger partial charge in [-0.3, -0.25) is 0 Å². The van der Waals surface area contributed by atoms with E-state index >= 15 is 0 Å². The van der Waals surface area contributed by atoms with Crippen LogP contribution in [0.5, 0.6) is 11.5 Å². The maximum Gasteiger partial charge on any atom is 0.387 e. The van der Waals surface area contributed by atoms with Crippen molar-refractivity contribution < 1.29 is 23.4 Å². The number of imidazole rings is 1. The van der Waals surface area contributed by atoms with E-state index in [1.54, 1.807) is 23.0 Å². The molecule has 0 saturated carbocycles. The van der Waals surface area contributed by atoms with Gasteiger partial charge in [-0.05, 0) is 24.6 Å². The van der Waals surface area contributed by atoms with Crippen LogP contribution in [0, 0.1) is 0 Å². The third kappa shape index (κ3) is 3.30. The van der Waals surface area contributed by atoms with E-state index in [-0.39, 0.29) is 11.5 Å². The summed E-state index contributed by atoms with van der Waals surface area (Å²) < 4.78 is 35.9. The Balaban J connectivity index is 2.35. The van der Waals surface area contributed by atoms with Gasteiger partial charge in [0.15, 0.2) is 11.5 Å². The number of alkyl halides is 2. The largest absolute Gasteiger partial charge is 0.493 e. The summed E-state index contributed by atoms with van der Waals surface area (Å²) in [5.41, 5.74) is 0.396. The summed E-state index contributed by atoms with van der Waals surface area (Å²) in [5.74, 6) is 0.481. The van der Waals surface area contributed by atoms with Crippen molar-refractivity contribution in [1.82, 2.24) is 9.55 Å². The van der Waals surface area contributed by atoms with Gasteiger partial charge in [0.25, 0.3) is 0 Å². The number of halogens is 2. The number of aryl methyl sites for hydroxylation is 1. The molecular weight excluding hydrogens is 282 g/mol. The quantitative estimate of drug-likeness (QED) is 0.890. The first kappa shape index (κ1) is 15.2. The predicted octanol–water partition coefficient (Wildman–Crippen LogP) is 2.59. The highest BCUT2D eigenvalue weighted by atomic mass is 19.3. The van der Waals surface area contributed by atoms with Crippen LogP contribution in [0.1, 0.15) is 24.4 Å². The van der Waals surface area contributed by atoms with Crippen molar-refractivity contribution in [1.29, 1.82) is 0 Å². The average molecular weight is 298 g/mol. The Bertz CT molecular complexity index is 602. The zero-order valence-corrected chi connectivity index (χ0v) is 11.7. The van der Waals surface area contributed by atoms with Crippen LogP contribution in [0.3, 0.4) is 0 Å². The Hall–Kier alpha value is -2.15. The highest BCUT2D eigenvalue weighted by molar-refractivity contribution is 5.44. The SMILES string of the molecule is CCn1ccnc1C(O)c1ccc(OC)c(OC(F)F)c1. The monoisotopic (exact) mass is 298 g/mol. The second kappa shape index (κ2) is 6.53. The first-order valence-electron chi connectivity index (χ1n) is 6.38. The lowest BCUT2D eigenvalue weighted by Crippen LogP contribution is -2.10. The van der Waals surface area contributed by atoms with E-state index in [9.17, 15) is 13.9 Å². The van der Waals surface area contributed by atoms with Gasteiger partial charge in [-0.2, -0.15) is 8.78 Å². The molecule has 0 amide bonds. The first-order valence-corrected chi connectivity index (χ1v) is 6.38. The van der Waals surface area contributed by atoms with E-state index in [4.69, 9.17) is 4.74 Å². The van der Waals surface area contributed by atoms with Crippen molar-refractivity contribution in [3.63, 3.8) is 0 Å². The molecule has 0 bridgehead atoms. The van der Waals surface area contributed by atoms with Gasteiger partial charge in [0.1, 0.15) is 11.9 Å². The summed E-state index contributed by atoms with van der Waals surface area (Å²) in [5, 5.41) is 10.3. The standard InChI is InChI=1S/C14H16F2N2O3/c1-3-18-7-6-17-13(18)12(19)9-4-5-10(20-2)11(8-9)21-14(15)16/h4-8,12,14,19H,3H2,1-2H3. The summed E-state index contributed by atoms with van der Waals surface area (Å²) in [4.78, 5) is 4.09. The van der Waals surface area contributed by atoms with Crippen molar-refractivity contribution in [2.75, 3.05) is 7.11 Å². The normalized spacial score (nSPS) is 12.5. The van der Waals surface area contributed by atoms with Crippen LogP contribution < -0.4 is 9.47 Å². The van der Waals surface area contributed by atoms with Gasteiger partial charge in [-0.25, -0.2) is 4.98 Å². The molecule has 0 radical (unpaired) electrons. The van der Waals surface area contributed by atoms with E-state index in [1.165, 1.54) is 19.2 Å². The van der Waals surface area contributed by atoms with E-state index in [0.29, 0.717) is 17.9 Å². The molecular formula is C14H16F2N2O3. The third-order valence-corrected chi connectivity index (χ3v) is 3.05. The summed E-state index contributed by atoms with van der Waals surface area (Å²) in [6.07, 6.45) is 2.27. The van der Waals surface area contributed by atoms with Crippen molar-refractivity contribution in [3.05, 3.63) is 42.0 Å². The predicted molar refractivity (Wildman–Crippen MR) is 71.6 cm³/mol. The van der Waals surface area contributed by atoms with Crippen molar-refractivity contribution in [3.8, 4) is 11.5 Å². The molecule has 1 N–H and O–H groups in total. The molecule has 0 aliphatic rings. The molecule has 0 aliphatic carbocycles. The fraction of sp³-hybridized carbons (Fsp3) is 0.357. The molecule has 2 aromatic rings. The molecule has 0 fully saturated rings. The lowest BCUT2D eigenvalue weighted by molar-refractivity contribution is -0.0513. The van der Waals surface area contributed by atoms with Gasteiger partial charge in [0.05, 0.1) is 7.11 Å². The van der Waals surface area contributed by atoms with Crippen LogP contribution in [0.4, 0.5) is 8.78 Å². The lowest BCUT2D eigenvalue weighted by Gasteiger charge is -2.15. The highest BCUT2D eigenvalue weighted by Gasteiger charge is 2.19. The molecule has 21 heavy (non-hydrogen) atoms. The van der Waals surface area contributed by atoms with Crippen molar-refractivity contribution in [2.24, 2.45) is 0 Å². The van der Waals surface area contributed by atoms with Crippen LogP contribution in [-0.4, -0.2) is 28.4 Å². The second-order valence-electron chi connectivity index (χ2n) is 4.26. The van der Waals surface area contributed by atoms with Crippen LogP contribution in [0.2, 0.25) is 0 Å². The zero-order chi connectivity index (χ0) is 15.4. The van der Waals surface area contributed by atoms with Crippen LogP contribution in [-0.2, 0) is 6.54 Å². The Morgan fingerprint density at radius 3 is 2.71 bits per heavy atom. The molecule has 114 valence electrons. The smallest absolute Gasteiger partial charge is 0.387 e. The van der Waals surface area contributed by atoms with Gasteiger partial charge in [0, 0.05) is 18.9 Å². The molecule has 0 spiro atoms. The van der Waals surface area contributed by atoms with Gasteiger partial charge in [-0.15, -0.1) is 0 Å². The van der Waals surface area contributed by atoms with Crippen molar-refractivity contribution in [2.45, 2.75) is 26.2 Å². The topological polar surface area (TPSA) is 56.5 Å². The fourth-order valence-electron chi connectivity index (χ4n) is 2.04. The Morgan fingerprint density at radius 1 is 1.33 bits per heavy atom. The number of hydrogen-bond acceptors (Lipinski definition) is 4. The van der Waals surface area contributed by atoms with Gasteiger partial charge in [0.2, 0.25) is 0 Å². The average Bonchev–Trinajstić information content (AvgIpc) is 2.94. The van der Waals surface area contributed by atoms with Gasteiger partial charge < -0.3 is 19.1 Å². The number of rotatable bonds is 6. The number of aliphatic hydroxyl groups is 1. The molecule has 1 aromatic heterocycles. The summed E-state index contributed by atoms with van der Waals surface area (Å²) >= 11 is 0. The molecule has 1 heterocycles. The number of methoxy groups -OCH3 is 1. The highest BCUT2D eigenvalue weighted by Crippen LogP contribution is 2.33. The molecule has 7 heteroatoms. The molecule has 5 nitrogen and oxygen atoms in total. The van der Waals surface area contributed by atoms with E-state index in [2.05, 4.69) is 9.72 Å². The summed E-state index contributed by atoms with van der Waals surface area (Å²) in [6.45, 7) is -0.413. The number of hydrogen-bond donors (Lipinski definition) is 1. The van der Waals surface area contributed by atoms with E-state index < -0.39 is 12.7 Å². The minimum atomic E-state index is -2.97. The molecule has 0 saturated heterocycles. The van der Waals surface area contributed by atoms with Crippen LogP contribution >= 0.6 is 0 Å². The Morgan fingerprint density at radius 2 is 2.10 bits per heavy atom. The van der Waals surface area contributed by atoms with Crippen molar-refractivity contribution >= 4 is 0 Å². The van der Waals surface area contributed by atoms with Gasteiger partial charge in [-0.1, -0.05) is 6.07 Å². The lowest BCUT2D eigenvalue weighted by atomic mass is 10.1. The molecule has 1 atom stereocenters. The fourth-order valence-corrected chi connectivity index (χ4v) is 2.04. The molecule has 2 rings (SSSR count). The van der Waals surface area contributed by atoms with Crippen LogP contribution in [0.15, 0.2) is 30.6 Å². The number of ether oxygens (including phenoxy) is 2. The maximum absolute atomic E-state index is 12.4. The van der Waals surface area contributed by atoms with E-state index in [1.807, 2.05) is 6.92 Å².